The lowest BCUT2D eigenvalue weighted by molar-refractivity contribution is 0.983. The van der Waals surface area contributed by atoms with Gasteiger partial charge in [0.1, 0.15) is 5.82 Å². The third kappa shape index (κ3) is 5.43. The van der Waals surface area contributed by atoms with Gasteiger partial charge in [-0.05, 0) is 65.7 Å². The Morgan fingerprint density at radius 1 is 0.270 bits per heavy atom. The van der Waals surface area contributed by atoms with E-state index in [0.29, 0.717) is 0 Å². The van der Waals surface area contributed by atoms with Crippen molar-refractivity contribution in [3.8, 4) is 51.0 Å². The average molecular weight is 804 g/mol. The molecule has 0 radical (unpaired) electrons. The average Bonchev–Trinajstić information content (AvgIpc) is 4.00. The van der Waals surface area contributed by atoms with Crippen LogP contribution < -0.4 is 0 Å². The first kappa shape index (κ1) is 35.2. The lowest BCUT2D eigenvalue weighted by Crippen LogP contribution is -2.11. The van der Waals surface area contributed by atoms with Gasteiger partial charge in [0, 0.05) is 43.4 Å². The number of para-hydroxylation sites is 6. The molecule has 13 aromatic rings. The van der Waals surface area contributed by atoms with E-state index in [9.17, 15) is 0 Å². The zero-order chi connectivity index (χ0) is 41.4. The quantitative estimate of drug-likeness (QED) is 0.168. The van der Waals surface area contributed by atoms with Gasteiger partial charge in [-0.25, -0.2) is 9.97 Å². The van der Waals surface area contributed by atoms with Crippen molar-refractivity contribution in [3.05, 3.63) is 224 Å². The van der Waals surface area contributed by atoms with E-state index >= 15 is 0 Å². The number of aromatic nitrogens is 5. The first-order valence-corrected chi connectivity index (χ1v) is 21.4. The van der Waals surface area contributed by atoms with Crippen molar-refractivity contribution in [2.45, 2.75) is 0 Å². The molecule has 294 valence electrons. The Hall–Kier alpha value is -8.54. The highest BCUT2D eigenvalue weighted by molar-refractivity contribution is 6.13. The van der Waals surface area contributed by atoms with Crippen molar-refractivity contribution in [1.29, 1.82) is 0 Å². The zero-order valence-corrected chi connectivity index (χ0v) is 34.1. The summed E-state index contributed by atoms with van der Waals surface area (Å²) in [5.74, 6) is 1.61. The molecule has 13 rings (SSSR count). The molecule has 5 nitrogen and oxygen atoms in total. The van der Waals surface area contributed by atoms with Crippen LogP contribution in [0.5, 0.6) is 0 Å². The van der Waals surface area contributed by atoms with Crippen LogP contribution >= 0.6 is 0 Å². The van der Waals surface area contributed by atoms with Crippen LogP contribution in [0.15, 0.2) is 224 Å². The summed E-state index contributed by atoms with van der Waals surface area (Å²) in [7, 11) is 0. The van der Waals surface area contributed by atoms with Crippen LogP contribution in [0, 0.1) is 0 Å². The largest absolute Gasteiger partial charge is 0.305 e. The van der Waals surface area contributed by atoms with Crippen molar-refractivity contribution in [2.24, 2.45) is 0 Å². The highest BCUT2D eigenvalue weighted by Gasteiger charge is 2.27. The molecule has 0 saturated heterocycles. The second-order valence-corrected chi connectivity index (χ2v) is 16.2. The van der Waals surface area contributed by atoms with Gasteiger partial charge in [-0.1, -0.05) is 170 Å². The molecule has 0 aliphatic heterocycles. The van der Waals surface area contributed by atoms with Gasteiger partial charge in [-0.2, -0.15) is 0 Å². The molecule has 0 fully saturated rings. The van der Waals surface area contributed by atoms with Crippen molar-refractivity contribution < 1.29 is 0 Å². The van der Waals surface area contributed by atoms with Crippen LogP contribution in [-0.4, -0.2) is 23.7 Å². The number of benzene rings is 8. The van der Waals surface area contributed by atoms with Gasteiger partial charge in [0.2, 0.25) is 0 Å². The highest BCUT2D eigenvalue weighted by Crippen LogP contribution is 2.44. The Morgan fingerprint density at radius 2 is 0.635 bits per heavy atom. The number of nitrogens with zero attached hydrogens (tertiary/aromatic N) is 5. The summed E-state index contributed by atoms with van der Waals surface area (Å²) in [5.41, 5.74) is 13.4. The van der Waals surface area contributed by atoms with Crippen molar-refractivity contribution in [2.75, 3.05) is 0 Å². The third-order valence-corrected chi connectivity index (χ3v) is 12.6. The molecule has 5 aromatic heterocycles. The Labute approximate surface area is 363 Å². The fourth-order valence-corrected chi connectivity index (χ4v) is 9.90. The predicted molar refractivity (Wildman–Crippen MR) is 261 cm³/mol. The van der Waals surface area contributed by atoms with Gasteiger partial charge in [0.25, 0.3) is 0 Å². The van der Waals surface area contributed by atoms with Gasteiger partial charge in [-0.3, -0.25) is 9.13 Å². The molecule has 0 atom stereocenters. The molecule has 8 aromatic carbocycles. The molecule has 0 bridgehead atoms. The van der Waals surface area contributed by atoms with Crippen LogP contribution in [0.1, 0.15) is 0 Å². The standard InChI is InChI=1S/C58H37N5/c1-3-19-38(20-4-1)40-35-48(39-21-5-2-6-22-39)59-49(36-40)47-37-56(61-50-29-13-7-23-41(50)42-24-8-14-30-51(42)61)60-58(63-54-33-17-11-27-45(54)46-28-12-18-34-55(46)63)57(47)62-52-31-15-9-25-43(52)44-26-10-16-32-53(44)62/h1-37H. The molecular formula is C58H37N5. The van der Waals surface area contributed by atoms with Gasteiger partial charge in [0.05, 0.1) is 50.2 Å². The van der Waals surface area contributed by atoms with Gasteiger partial charge in [-0.15, -0.1) is 0 Å². The molecule has 0 aliphatic carbocycles. The summed E-state index contributed by atoms with van der Waals surface area (Å²) < 4.78 is 7.14. The van der Waals surface area contributed by atoms with E-state index in [0.717, 1.165) is 84.1 Å². The summed E-state index contributed by atoms with van der Waals surface area (Å²) in [6, 6.07) is 80.2. The number of pyridine rings is 2. The highest BCUT2D eigenvalue weighted by atomic mass is 15.2. The van der Waals surface area contributed by atoms with Gasteiger partial charge in [0.15, 0.2) is 5.82 Å². The van der Waals surface area contributed by atoms with Crippen LogP contribution in [-0.2, 0) is 0 Å². The summed E-state index contributed by atoms with van der Waals surface area (Å²) in [5, 5.41) is 7.04. The maximum absolute atomic E-state index is 5.95. The molecule has 0 N–H and O–H groups in total. The number of hydrogen-bond acceptors (Lipinski definition) is 2. The summed E-state index contributed by atoms with van der Waals surface area (Å²) >= 11 is 0. The topological polar surface area (TPSA) is 40.6 Å². The van der Waals surface area contributed by atoms with Crippen molar-refractivity contribution in [1.82, 2.24) is 23.7 Å². The molecule has 0 saturated carbocycles. The molecule has 0 aliphatic rings. The lowest BCUT2D eigenvalue weighted by atomic mass is 9.99. The van der Waals surface area contributed by atoms with E-state index in [4.69, 9.17) is 9.97 Å². The molecule has 5 heteroatoms. The van der Waals surface area contributed by atoms with E-state index < -0.39 is 0 Å². The molecule has 0 unspecified atom stereocenters. The number of hydrogen-bond donors (Lipinski definition) is 0. The molecule has 0 spiro atoms. The molecular weight excluding hydrogens is 767 g/mol. The van der Waals surface area contributed by atoms with Crippen LogP contribution in [0.4, 0.5) is 0 Å². The summed E-state index contributed by atoms with van der Waals surface area (Å²) in [6.07, 6.45) is 0. The summed E-state index contributed by atoms with van der Waals surface area (Å²) in [4.78, 5) is 11.6. The summed E-state index contributed by atoms with van der Waals surface area (Å²) in [6.45, 7) is 0. The van der Waals surface area contributed by atoms with E-state index in [-0.39, 0.29) is 0 Å². The molecule has 0 amide bonds. The maximum atomic E-state index is 5.95. The first-order chi connectivity index (χ1) is 31.3. The monoisotopic (exact) mass is 803 g/mol. The van der Waals surface area contributed by atoms with Crippen molar-refractivity contribution in [3.63, 3.8) is 0 Å². The van der Waals surface area contributed by atoms with Crippen LogP contribution in [0.3, 0.4) is 0 Å². The van der Waals surface area contributed by atoms with Crippen LogP contribution in [0.25, 0.3) is 116 Å². The lowest BCUT2D eigenvalue weighted by Gasteiger charge is -2.22. The van der Waals surface area contributed by atoms with Crippen molar-refractivity contribution >= 4 is 65.4 Å². The minimum Gasteiger partial charge on any atom is -0.305 e. The first-order valence-electron chi connectivity index (χ1n) is 21.4. The minimum absolute atomic E-state index is 0.803. The predicted octanol–water partition coefficient (Wildman–Crippen LogP) is 14.8. The number of fused-ring (bicyclic) bond motifs is 9. The second-order valence-electron chi connectivity index (χ2n) is 16.2. The van der Waals surface area contributed by atoms with Gasteiger partial charge >= 0.3 is 0 Å². The van der Waals surface area contributed by atoms with E-state index in [1.165, 1.54) is 32.3 Å². The van der Waals surface area contributed by atoms with E-state index in [1.54, 1.807) is 0 Å². The van der Waals surface area contributed by atoms with E-state index in [1.807, 2.05) is 0 Å². The van der Waals surface area contributed by atoms with Crippen LogP contribution in [0.2, 0.25) is 0 Å². The maximum Gasteiger partial charge on any atom is 0.165 e. The third-order valence-electron chi connectivity index (χ3n) is 12.6. The smallest absolute Gasteiger partial charge is 0.165 e. The Balaban J connectivity index is 1.27. The molecule has 63 heavy (non-hydrogen) atoms. The Morgan fingerprint density at radius 3 is 1.10 bits per heavy atom. The SMILES string of the molecule is c1ccc(-c2cc(-c3ccccc3)nc(-c3cc(-n4c5ccccc5c5ccccc54)nc(-n4c5ccccc5c5ccccc54)c3-n3c4ccccc4c4ccccc43)c2)cc1. The normalized spacial score (nSPS) is 11.8. The van der Waals surface area contributed by atoms with Gasteiger partial charge < -0.3 is 4.57 Å². The van der Waals surface area contributed by atoms with E-state index in [2.05, 4.69) is 238 Å². The Kier molecular flexibility index (Phi) is 7.84. The minimum atomic E-state index is 0.803. The molecule has 5 heterocycles. The second kappa shape index (κ2) is 14.0. The Bertz CT molecular complexity index is 3690. The number of rotatable bonds is 6. The fourth-order valence-electron chi connectivity index (χ4n) is 9.90. The zero-order valence-electron chi connectivity index (χ0n) is 34.1. The fraction of sp³-hybridized carbons (Fsp3) is 0.